The van der Waals surface area contributed by atoms with Gasteiger partial charge in [0.15, 0.2) is 5.56 Å². The zero-order valence-electron chi connectivity index (χ0n) is 6.10. The molecule has 1 aromatic heterocycles. The molecule has 6 nitrogen and oxygen atoms in total. The van der Waals surface area contributed by atoms with E-state index in [-0.39, 0.29) is 0 Å². The van der Waals surface area contributed by atoms with Crippen LogP contribution in [0.5, 0.6) is 0 Å². The van der Waals surface area contributed by atoms with Gasteiger partial charge in [-0.2, -0.15) is 0 Å². The van der Waals surface area contributed by atoms with Crippen molar-refractivity contribution in [1.29, 1.82) is 0 Å². The second-order valence-electron chi connectivity index (χ2n) is 2.07. The molecule has 0 unspecified atom stereocenters. The Kier molecular flexibility index (Phi) is 1.82. The average molecular weight is 171 g/mol. The average Bonchev–Trinajstić information content (AvgIpc) is 2.30. The summed E-state index contributed by atoms with van der Waals surface area (Å²) in [5.74, 6) is -1.97. The minimum absolute atomic E-state index is 0.551. The van der Waals surface area contributed by atoms with Gasteiger partial charge in [0.1, 0.15) is 0 Å². The van der Waals surface area contributed by atoms with Gasteiger partial charge in [0.2, 0.25) is 0 Å². The van der Waals surface area contributed by atoms with E-state index in [4.69, 9.17) is 5.11 Å². The van der Waals surface area contributed by atoms with E-state index < -0.39 is 23.1 Å². The summed E-state index contributed by atoms with van der Waals surface area (Å²) >= 11 is 0. The fourth-order valence-corrected chi connectivity index (χ4v) is 0.633. The molecule has 0 aliphatic rings. The van der Waals surface area contributed by atoms with Gasteiger partial charge in [-0.25, -0.2) is 9.59 Å². The molecule has 12 heavy (non-hydrogen) atoms. The maximum atomic E-state index is 10.7. The van der Waals surface area contributed by atoms with E-state index in [9.17, 15) is 14.4 Å². The smallest absolute Gasteiger partial charge is 0.372 e. The lowest BCUT2D eigenvalue weighted by atomic mass is 10.4. The highest BCUT2D eigenvalue weighted by Crippen LogP contribution is 1.93. The Bertz CT molecular complexity index is 385. The standard InChI is InChI=1S/C6H5NO5/c1-3(8)7-2-4(5(9)10)6(11)12-7/h2H,1H3,(H,9,10). The Morgan fingerprint density at radius 3 is 2.42 bits per heavy atom. The van der Waals surface area contributed by atoms with Gasteiger partial charge in [-0.3, -0.25) is 4.79 Å². The van der Waals surface area contributed by atoms with Crippen LogP contribution in [0.25, 0.3) is 0 Å². The van der Waals surface area contributed by atoms with Gasteiger partial charge < -0.3 is 9.63 Å². The van der Waals surface area contributed by atoms with Crippen molar-refractivity contribution in [3.8, 4) is 0 Å². The van der Waals surface area contributed by atoms with Crippen molar-refractivity contribution in [1.82, 2.24) is 4.74 Å². The van der Waals surface area contributed by atoms with Gasteiger partial charge in [0.05, 0.1) is 6.20 Å². The maximum Gasteiger partial charge on any atom is 0.372 e. The first kappa shape index (κ1) is 8.25. The SMILES string of the molecule is CC(=O)n1cc(C(=O)O)c(=O)o1. The topological polar surface area (TPSA) is 89.5 Å². The molecule has 0 fully saturated rings. The first-order valence-electron chi connectivity index (χ1n) is 2.99. The lowest BCUT2D eigenvalue weighted by Gasteiger charge is -1.86. The summed E-state index contributed by atoms with van der Waals surface area (Å²) in [4.78, 5) is 31.5. The first-order valence-corrected chi connectivity index (χ1v) is 2.99. The second-order valence-corrected chi connectivity index (χ2v) is 2.07. The molecule has 0 bridgehead atoms. The zero-order valence-corrected chi connectivity index (χ0v) is 6.10. The summed E-state index contributed by atoms with van der Waals surface area (Å²) in [5, 5.41) is 8.38. The summed E-state index contributed by atoms with van der Waals surface area (Å²) < 4.78 is 4.84. The third kappa shape index (κ3) is 1.26. The first-order chi connectivity index (χ1) is 5.52. The molecular formula is C6H5NO5. The van der Waals surface area contributed by atoms with Gasteiger partial charge in [-0.05, 0) is 0 Å². The van der Waals surface area contributed by atoms with Crippen molar-refractivity contribution < 1.29 is 19.2 Å². The number of hydrogen-bond donors (Lipinski definition) is 1. The molecule has 0 spiro atoms. The van der Waals surface area contributed by atoms with Crippen molar-refractivity contribution in [3.63, 3.8) is 0 Å². The molecule has 1 N–H and O–H groups in total. The molecule has 1 heterocycles. The molecule has 64 valence electrons. The van der Waals surface area contributed by atoms with Gasteiger partial charge in [-0.15, -0.1) is 4.74 Å². The summed E-state index contributed by atoms with van der Waals surface area (Å²) in [6, 6.07) is 0. The van der Waals surface area contributed by atoms with Crippen molar-refractivity contribution in [2.24, 2.45) is 0 Å². The van der Waals surface area contributed by atoms with Crippen molar-refractivity contribution in [3.05, 3.63) is 22.2 Å². The zero-order chi connectivity index (χ0) is 9.30. The number of rotatable bonds is 1. The Hall–Kier alpha value is -1.85. The highest BCUT2D eigenvalue weighted by molar-refractivity contribution is 5.87. The molecule has 0 atom stereocenters. The fraction of sp³-hybridized carbons (Fsp3) is 0.167. The second kappa shape index (κ2) is 2.65. The van der Waals surface area contributed by atoms with E-state index in [0.717, 1.165) is 13.1 Å². The monoisotopic (exact) mass is 171 g/mol. The fourth-order valence-electron chi connectivity index (χ4n) is 0.633. The highest BCUT2D eigenvalue weighted by Gasteiger charge is 2.15. The van der Waals surface area contributed by atoms with Crippen LogP contribution >= 0.6 is 0 Å². The summed E-state index contributed by atoms with van der Waals surface area (Å²) in [6.45, 7) is 1.15. The lowest BCUT2D eigenvalue weighted by Crippen LogP contribution is -2.07. The van der Waals surface area contributed by atoms with Gasteiger partial charge in [0.25, 0.3) is 5.91 Å². The van der Waals surface area contributed by atoms with Crippen LogP contribution in [-0.2, 0) is 0 Å². The van der Waals surface area contributed by atoms with E-state index in [2.05, 4.69) is 4.52 Å². The molecule has 0 aliphatic heterocycles. The lowest BCUT2D eigenvalue weighted by molar-refractivity contribution is 0.0693. The predicted molar refractivity (Wildman–Crippen MR) is 36.2 cm³/mol. The van der Waals surface area contributed by atoms with Crippen LogP contribution in [0.2, 0.25) is 0 Å². The number of hydrogen-bond acceptors (Lipinski definition) is 4. The minimum Gasteiger partial charge on any atom is -0.477 e. The van der Waals surface area contributed by atoms with Gasteiger partial charge >= 0.3 is 11.6 Å². The number of aromatic carboxylic acids is 1. The van der Waals surface area contributed by atoms with E-state index in [0.29, 0.717) is 4.74 Å². The Balaban J connectivity index is 3.27. The van der Waals surface area contributed by atoms with Crippen LogP contribution in [0.4, 0.5) is 0 Å². The molecule has 6 heteroatoms. The van der Waals surface area contributed by atoms with Crippen molar-refractivity contribution >= 4 is 11.9 Å². The number of carboxylic acid groups (broad SMARTS) is 1. The summed E-state index contributed by atoms with van der Waals surface area (Å²) in [5.41, 5.74) is -1.58. The van der Waals surface area contributed by atoms with Crippen LogP contribution in [0, 0.1) is 0 Å². The normalized spacial score (nSPS) is 9.75. The molecule has 0 radical (unpaired) electrons. The van der Waals surface area contributed by atoms with Crippen molar-refractivity contribution in [2.75, 3.05) is 0 Å². The Labute approximate surface area is 66.0 Å². The molecular weight excluding hydrogens is 166 g/mol. The number of aromatic nitrogens is 1. The number of carbonyl (C=O) groups is 2. The highest BCUT2D eigenvalue weighted by atomic mass is 16.5. The molecule has 0 saturated heterocycles. The van der Waals surface area contributed by atoms with E-state index in [1.807, 2.05) is 0 Å². The third-order valence-corrected chi connectivity index (χ3v) is 1.19. The molecule has 0 amide bonds. The molecule has 1 rings (SSSR count). The largest absolute Gasteiger partial charge is 0.477 e. The number of nitrogens with zero attached hydrogens (tertiary/aromatic N) is 1. The quantitative estimate of drug-likeness (QED) is 0.631. The summed E-state index contributed by atoms with van der Waals surface area (Å²) in [6.07, 6.45) is 0.840. The van der Waals surface area contributed by atoms with Crippen LogP contribution in [0.15, 0.2) is 15.5 Å². The maximum absolute atomic E-state index is 10.7. The molecule has 0 saturated carbocycles. The predicted octanol–water partition coefficient (Wildman–Crippen LogP) is -0.200. The van der Waals surface area contributed by atoms with Crippen LogP contribution in [0.3, 0.4) is 0 Å². The van der Waals surface area contributed by atoms with Gasteiger partial charge in [0, 0.05) is 6.92 Å². The Morgan fingerprint density at radius 1 is 1.58 bits per heavy atom. The number of carbonyl (C=O) groups excluding carboxylic acids is 1. The van der Waals surface area contributed by atoms with Crippen molar-refractivity contribution in [2.45, 2.75) is 6.92 Å². The molecule has 0 aromatic carbocycles. The van der Waals surface area contributed by atoms with Crippen LogP contribution in [0.1, 0.15) is 22.1 Å². The number of carboxylic acids is 1. The van der Waals surface area contributed by atoms with E-state index >= 15 is 0 Å². The van der Waals surface area contributed by atoms with Crippen LogP contribution in [-0.4, -0.2) is 21.7 Å². The third-order valence-electron chi connectivity index (χ3n) is 1.19. The summed E-state index contributed by atoms with van der Waals surface area (Å²) in [7, 11) is 0. The van der Waals surface area contributed by atoms with E-state index in [1.165, 1.54) is 0 Å². The van der Waals surface area contributed by atoms with Gasteiger partial charge in [-0.1, -0.05) is 0 Å². The minimum atomic E-state index is -1.41. The van der Waals surface area contributed by atoms with Crippen LogP contribution < -0.4 is 5.63 Å². The molecule has 1 aromatic rings. The molecule has 0 aliphatic carbocycles. The van der Waals surface area contributed by atoms with E-state index in [1.54, 1.807) is 0 Å². The Morgan fingerprint density at radius 2 is 2.17 bits per heavy atom.